The Balaban J connectivity index is 1.12. The van der Waals surface area contributed by atoms with Crippen molar-refractivity contribution in [3.05, 3.63) is 29.2 Å². The van der Waals surface area contributed by atoms with E-state index in [9.17, 15) is 9.59 Å². The standard InChI is InChI=1S/C22H30N6O3/c1-12-17(11-23-28(12)3)15-9-16(15)20(29)24-19-10-18(26-27-19)13-4-5-14(8-13)31-21(30)25-22(2)6-7-22/h10-11,13-16H,4-9H2,1-3H3,(H,25,30)(H2,24,26,27,29)/t13-,14+,15+,16+/m0/s1. The molecule has 2 aromatic rings. The lowest BCUT2D eigenvalue weighted by atomic mass is 10.0. The Bertz CT molecular complexity index is 1010. The third kappa shape index (κ3) is 4.18. The molecule has 31 heavy (non-hydrogen) atoms. The van der Waals surface area contributed by atoms with Gasteiger partial charge in [0.2, 0.25) is 5.91 Å². The van der Waals surface area contributed by atoms with Crippen LogP contribution in [0.2, 0.25) is 0 Å². The Kier molecular flexibility index (Phi) is 4.79. The van der Waals surface area contributed by atoms with Crippen LogP contribution < -0.4 is 10.6 Å². The van der Waals surface area contributed by atoms with E-state index in [0.717, 1.165) is 55.5 Å². The molecule has 166 valence electrons. The Hall–Kier alpha value is -2.84. The number of rotatable bonds is 6. The van der Waals surface area contributed by atoms with Gasteiger partial charge in [0.1, 0.15) is 6.10 Å². The van der Waals surface area contributed by atoms with Crippen LogP contribution in [0.4, 0.5) is 10.6 Å². The normalized spacial score (nSPS) is 28.2. The van der Waals surface area contributed by atoms with Crippen molar-refractivity contribution < 1.29 is 14.3 Å². The number of H-pyrrole nitrogens is 1. The first-order valence-electron chi connectivity index (χ1n) is 11.1. The summed E-state index contributed by atoms with van der Waals surface area (Å²) in [6.45, 7) is 4.07. The zero-order chi connectivity index (χ0) is 21.8. The van der Waals surface area contributed by atoms with E-state index in [0.29, 0.717) is 5.82 Å². The van der Waals surface area contributed by atoms with E-state index in [2.05, 4.69) is 25.9 Å². The van der Waals surface area contributed by atoms with E-state index < -0.39 is 0 Å². The third-order valence-corrected chi connectivity index (χ3v) is 7.15. The van der Waals surface area contributed by atoms with Gasteiger partial charge in [-0.3, -0.25) is 14.6 Å². The highest BCUT2D eigenvalue weighted by Crippen LogP contribution is 2.49. The van der Waals surface area contributed by atoms with Gasteiger partial charge in [0.05, 0.1) is 6.20 Å². The highest BCUT2D eigenvalue weighted by Gasteiger charge is 2.45. The van der Waals surface area contributed by atoms with Crippen molar-refractivity contribution in [3.63, 3.8) is 0 Å². The van der Waals surface area contributed by atoms with E-state index in [1.807, 2.05) is 37.8 Å². The molecular formula is C22H30N6O3. The van der Waals surface area contributed by atoms with Crippen molar-refractivity contribution >= 4 is 17.8 Å². The van der Waals surface area contributed by atoms with Crippen LogP contribution >= 0.6 is 0 Å². The van der Waals surface area contributed by atoms with E-state index in [1.54, 1.807) is 0 Å². The molecule has 0 aliphatic heterocycles. The molecule has 3 fully saturated rings. The Morgan fingerprint density at radius 3 is 2.81 bits per heavy atom. The largest absolute Gasteiger partial charge is 0.446 e. The first-order valence-corrected chi connectivity index (χ1v) is 11.1. The van der Waals surface area contributed by atoms with Gasteiger partial charge in [-0.2, -0.15) is 10.2 Å². The molecule has 5 rings (SSSR count). The fourth-order valence-electron chi connectivity index (χ4n) is 4.61. The van der Waals surface area contributed by atoms with Gasteiger partial charge in [0.25, 0.3) is 0 Å². The van der Waals surface area contributed by atoms with Gasteiger partial charge in [-0.1, -0.05) is 0 Å². The molecule has 9 nitrogen and oxygen atoms in total. The highest BCUT2D eigenvalue weighted by atomic mass is 16.6. The fraction of sp³-hybridized carbons (Fsp3) is 0.636. The molecule has 2 amide bonds. The molecule has 2 heterocycles. The molecule has 3 saturated carbocycles. The average molecular weight is 427 g/mol. The molecular weight excluding hydrogens is 396 g/mol. The summed E-state index contributed by atoms with van der Waals surface area (Å²) in [5, 5.41) is 17.5. The topological polar surface area (TPSA) is 114 Å². The lowest BCUT2D eigenvalue weighted by molar-refractivity contribution is -0.117. The highest BCUT2D eigenvalue weighted by molar-refractivity contribution is 5.94. The first kappa shape index (κ1) is 20.1. The number of nitrogens with zero attached hydrogens (tertiary/aromatic N) is 3. The first-order chi connectivity index (χ1) is 14.8. The fourth-order valence-corrected chi connectivity index (χ4v) is 4.61. The maximum absolute atomic E-state index is 12.6. The van der Waals surface area contributed by atoms with Crippen LogP contribution in [0.3, 0.4) is 0 Å². The minimum atomic E-state index is -0.314. The van der Waals surface area contributed by atoms with E-state index in [4.69, 9.17) is 4.74 Å². The van der Waals surface area contributed by atoms with Crippen LogP contribution in [0, 0.1) is 12.8 Å². The number of carbonyl (C=O) groups excluding carboxylic acids is 2. The van der Waals surface area contributed by atoms with Gasteiger partial charge in [-0.25, -0.2) is 4.79 Å². The summed E-state index contributed by atoms with van der Waals surface area (Å²) in [5.74, 6) is 1.02. The number of hydrogen-bond acceptors (Lipinski definition) is 5. The summed E-state index contributed by atoms with van der Waals surface area (Å²) in [6.07, 6.45) is 6.88. The van der Waals surface area contributed by atoms with E-state index >= 15 is 0 Å². The molecule has 9 heteroatoms. The van der Waals surface area contributed by atoms with Gasteiger partial charge in [-0.15, -0.1) is 0 Å². The molecule has 0 spiro atoms. The third-order valence-electron chi connectivity index (χ3n) is 7.15. The second-order valence-electron chi connectivity index (χ2n) is 9.68. The van der Waals surface area contributed by atoms with Gasteiger partial charge < -0.3 is 15.4 Å². The number of alkyl carbamates (subject to hydrolysis) is 1. The number of hydrogen-bond donors (Lipinski definition) is 3. The number of carbonyl (C=O) groups is 2. The van der Waals surface area contributed by atoms with Crippen molar-refractivity contribution in [1.82, 2.24) is 25.3 Å². The minimum absolute atomic E-state index is 0.00387. The van der Waals surface area contributed by atoms with Crippen LogP contribution in [0.1, 0.15) is 74.2 Å². The maximum atomic E-state index is 12.6. The monoisotopic (exact) mass is 426 g/mol. The van der Waals surface area contributed by atoms with Crippen molar-refractivity contribution in [2.75, 3.05) is 5.32 Å². The predicted molar refractivity (Wildman–Crippen MR) is 114 cm³/mol. The molecule has 0 unspecified atom stereocenters. The van der Waals surface area contributed by atoms with Crippen molar-refractivity contribution in [3.8, 4) is 0 Å². The van der Waals surface area contributed by atoms with Crippen LogP contribution in [-0.4, -0.2) is 43.6 Å². The van der Waals surface area contributed by atoms with Gasteiger partial charge >= 0.3 is 6.09 Å². The van der Waals surface area contributed by atoms with Crippen LogP contribution in [0.15, 0.2) is 12.3 Å². The number of aromatic nitrogens is 4. The zero-order valence-corrected chi connectivity index (χ0v) is 18.3. The number of aromatic amines is 1. The SMILES string of the molecule is Cc1c([C@@H]2C[C@H]2C(=O)Nc2cc([C@H]3CC[C@@H](OC(=O)NC4(C)CC4)C3)[nH]n2)cnn1C. The zero-order valence-electron chi connectivity index (χ0n) is 18.3. The number of ether oxygens (including phenoxy) is 1. The molecule has 3 N–H and O–H groups in total. The lowest BCUT2D eigenvalue weighted by Crippen LogP contribution is -2.36. The number of aryl methyl sites for hydroxylation is 1. The molecule has 3 aliphatic rings. The summed E-state index contributed by atoms with van der Waals surface area (Å²) in [5.41, 5.74) is 3.18. The van der Waals surface area contributed by atoms with E-state index in [1.165, 1.54) is 0 Å². The molecule has 0 aromatic carbocycles. The van der Waals surface area contributed by atoms with Crippen LogP contribution in [-0.2, 0) is 16.6 Å². The molecule has 4 atom stereocenters. The summed E-state index contributed by atoms with van der Waals surface area (Å²) in [6, 6.07) is 1.91. The second kappa shape index (κ2) is 7.39. The average Bonchev–Trinajstić information content (AvgIpc) is 3.48. The van der Waals surface area contributed by atoms with Crippen molar-refractivity contribution in [1.29, 1.82) is 0 Å². The molecule has 2 aromatic heterocycles. The number of amides is 2. The van der Waals surface area contributed by atoms with Crippen molar-refractivity contribution in [2.24, 2.45) is 13.0 Å². The Labute approximate surface area is 181 Å². The summed E-state index contributed by atoms with van der Waals surface area (Å²) < 4.78 is 7.44. The van der Waals surface area contributed by atoms with Crippen molar-refractivity contribution in [2.45, 2.75) is 75.9 Å². The van der Waals surface area contributed by atoms with E-state index in [-0.39, 0.29) is 41.4 Å². The van der Waals surface area contributed by atoms with Crippen LogP contribution in [0.5, 0.6) is 0 Å². The second-order valence-corrected chi connectivity index (χ2v) is 9.68. The minimum Gasteiger partial charge on any atom is -0.446 e. The van der Waals surface area contributed by atoms with Gasteiger partial charge in [0, 0.05) is 41.9 Å². The summed E-state index contributed by atoms with van der Waals surface area (Å²) in [7, 11) is 1.92. The lowest BCUT2D eigenvalue weighted by Gasteiger charge is -2.16. The maximum Gasteiger partial charge on any atom is 0.407 e. The Morgan fingerprint density at radius 1 is 1.29 bits per heavy atom. The number of nitrogens with one attached hydrogen (secondary N) is 3. The number of anilines is 1. The van der Waals surface area contributed by atoms with Gasteiger partial charge in [-0.05, 0) is 63.9 Å². The Morgan fingerprint density at radius 2 is 2.10 bits per heavy atom. The summed E-state index contributed by atoms with van der Waals surface area (Å²) in [4.78, 5) is 24.7. The predicted octanol–water partition coefficient (Wildman–Crippen LogP) is 3.11. The van der Waals surface area contributed by atoms with Gasteiger partial charge in [0.15, 0.2) is 5.82 Å². The quantitative estimate of drug-likeness (QED) is 0.657. The molecule has 0 bridgehead atoms. The smallest absolute Gasteiger partial charge is 0.407 e. The molecule has 0 saturated heterocycles. The van der Waals surface area contributed by atoms with Crippen LogP contribution in [0.25, 0.3) is 0 Å². The molecule has 3 aliphatic carbocycles. The molecule has 0 radical (unpaired) electrons. The summed E-state index contributed by atoms with van der Waals surface area (Å²) >= 11 is 0.